The lowest BCUT2D eigenvalue weighted by atomic mass is 10.2. The lowest BCUT2D eigenvalue weighted by molar-refractivity contribution is 0.417. The number of aryl methyl sites for hydroxylation is 1. The molecule has 0 fully saturated rings. The van der Waals surface area contributed by atoms with Crippen LogP contribution in [0.25, 0.3) is 0 Å². The minimum atomic E-state index is 0.406. The highest BCUT2D eigenvalue weighted by Crippen LogP contribution is 2.27. The van der Waals surface area contributed by atoms with Crippen molar-refractivity contribution >= 4 is 51.9 Å². The van der Waals surface area contributed by atoms with Crippen molar-refractivity contribution in [3.63, 3.8) is 0 Å². The maximum atomic E-state index is 6.09. The van der Waals surface area contributed by atoms with Crippen molar-refractivity contribution in [3.8, 4) is 5.75 Å². The van der Waals surface area contributed by atoms with Gasteiger partial charge in [-0.2, -0.15) is 0 Å². The minimum absolute atomic E-state index is 0.406. The van der Waals surface area contributed by atoms with Gasteiger partial charge < -0.3 is 15.4 Å². The predicted molar refractivity (Wildman–Crippen MR) is 94.0 cm³/mol. The van der Waals surface area contributed by atoms with Gasteiger partial charge in [0.25, 0.3) is 0 Å². The van der Waals surface area contributed by atoms with Crippen LogP contribution in [0, 0.1) is 6.92 Å². The maximum Gasteiger partial charge on any atom is 0.175 e. The molecule has 0 saturated heterocycles. The Labute approximate surface area is 139 Å². The Morgan fingerprint density at radius 2 is 1.76 bits per heavy atom. The van der Waals surface area contributed by atoms with E-state index in [2.05, 4.69) is 10.6 Å². The summed E-state index contributed by atoms with van der Waals surface area (Å²) in [6.07, 6.45) is 0. The summed E-state index contributed by atoms with van der Waals surface area (Å²) in [7, 11) is 1.61. The lowest BCUT2D eigenvalue weighted by Crippen LogP contribution is -2.19. The highest BCUT2D eigenvalue weighted by Gasteiger charge is 2.07. The molecular formula is C15H14Cl2N2OS. The standard InChI is InChI=1S/C15H14Cl2N2OS/c1-9-3-6-14(20-2)13(7-9)19-15(21)18-12-8-10(16)4-5-11(12)17/h3-8H,1-2H3,(H2,18,19,21). The fourth-order valence-corrected chi connectivity index (χ4v) is 2.35. The van der Waals surface area contributed by atoms with Crippen molar-refractivity contribution < 1.29 is 4.74 Å². The molecule has 0 aliphatic carbocycles. The van der Waals surface area contributed by atoms with Gasteiger partial charge in [0.05, 0.1) is 23.5 Å². The SMILES string of the molecule is COc1ccc(C)cc1NC(=S)Nc1cc(Cl)ccc1Cl. The third kappa shape index (κ3) is 4.24. The molecule has 2 aromatic carbocycles. The molecule has 2 rings (SSSR count). The molecule has 2 aromatic rings. The first-order valence-electron chi connectivity index (χ1n) is 6.17. The van der Waals surface area contributed by atoms with Gasteiger partial charge in [0.2, 0.25) is 0 Å². The number of benzene rings is 2. The molecule has 0 radical (unpaired) electrons. The normalized spacial score (nSPS) is 10.1. The van der Waals surface area contributed by atoms with E-state index >= 15 is 0 Å². The first-order chi connectivity index (χ1) is 9.99. The van der Waals surface area contributed by atoms with E-state index in [-0.39, 0.29) is 0 Å². The number of ether oxygens (including phenoxy) is 1. The molecule has 21 heavy (non-hydrogen) atoms. The predicted octanol–water partition coefficient (Wildman–Crippen LogP) is 5.12. The van der Waals surface area contributed by atoms with E-state index in [1.165, 1.54) is 0 Å². The van der Waals surface area contributed by atoms with Crippen LogP contribution in [-0.2, 0) is 0 Å². The summed E-state index contributed by atoms with van der Waals surface area (Å²) in [4.78, 5) is 0. The molecular weight excluding hydrogens is 327 g/mol. The Morgan fingerprint density at radius 3 is 2.48 bits per heavy atom. The van der Waals surface area contributed by atoms with E-state index in [4.69, 9.17) is 40.2 Å². The highest BCUT2D eigenvalue weighted by atomic mass is 35.5. The molecule has 0 atom stereocenters. The zero-order valence-electron chi connectivity index (χ0n) is 11.5. The van der Waals surface area contributed by atoms with E-state index in [0.717, 1.165) is 11.3 Å². The van der Waals surface area contributed by atoms with Gasteiger partial charge in [-0.25, -0.2) is 0 Å². The van der Waals surface area contributed by atoms with Gasteiger partial charge in [-0.1, -0.05) is 29.3 Å². The van der Waals surface area contributed by atoms with Crippen LogP contribution in [0.2, 0.25) is 10.0 Å². The Bertz CT molecular complexity index is 677. The second kappa shape index (κ2) is 6.98. The van der Waals surface area contributed by atoms with Gasteiger partial charge in [0.15, 0.2) is 5.11 Å². The number of thiocarbonyl (C=S) groups is 1. The lowest BCUT2D eigenvalue weighted by Gasteiger charge is -2.15. The first-order valence-corrected chi connectivity index (χ1v) is 7.33. The minimum Gasteiger partial charge on any atom is -0.495 e. The number of halogens is 2. The van der Waals surface area contributed by atoms with Crippen molar-refractivity contribution in [2.45, 2.75) is 6.92 Å². The van der Waals surface area contributed by atoms with Crippen LogP contribution >= 0.6 is 35.4 Å². The summed E-state index contributed by atoms with van der Waals surface area (Å²) in [6.45, 7) is 1.99. The molecule has 6 heteroatoms. The van der Waals surface area contributed by atoms with Crippen molar-refractivity contribution in [2.75, 3.05) is 17.7 Å². The Kier molecular flexibility index (Phi) is 5.28. The second-order valence-corrected chi connectivity index (χ2v) is 5.66. The Balaban J connectivity index is 2.15. The van der Waals surface area contributed by atoms with Crippen molar-refractivity contribution in [1.82, 2.24) is 0 Å². The molecule has 0 spiro atoms. The van der Waals surface area contributed by atoms with Crippen LogP contribution in [-0.4, -0.2) is 12.2 Å². The van der Waals surface area contributed by atoms with Crippen LogP contribution in [0.5, 0.6) is 5.75 Å². The number of methoxy groups -OCH3 is 1. The molecule has 0 aliphatic rings. The smallest absolute Gasteiger partial charge is 0.175 e. The Hall–Kier alpha value is -1.49. The summed E-state index contributed by atoms with van der Waals surface area (Å²) >= 11 is 17.3. The second-order valence-electron chi connectivity index (χ2n) is 4.41. The first kappa shape index (κ1) is 15.9. The number of hydrogen-bond donors (Lipinski definition) is 2. The van der Waals surface area contributed by atoms with Crippen LogP contribution in [0.15, 0.2) is 36.4 Å². The van der Waals surface area contributed by atoms with E-state index < -0.39 is 0 Å². The summed E-state index contributed by atoms with van der Waals surface area (Å²) in [5.41, 5.74) is 2.53. The van der Waals surface area contributed by atoms with Crippen molar-refractivity contribution in [2.24, 2.45) is 0 Å². The van der Waals surface area contributed by atoms with Gasteiger partial charge in [0, 0.05) is 5.02 Å². The van der Waals surface area contributed by atoms with Gasteiger partial charge in [-0.3, -0.25) is 0 Å². The topological polar surface area (TPSA) is 33.3 Å². The molecule has 0 heterocycles. The highest BCUT2D eigenvalue weighted by molar-refractivity contribution is 7.80. The number of nitrogens with one attached hydrogen (secondary N) is 2. The summed E-state index contributed by atoms with van der Waals surface area (Å²) in [5, 5.41) is 7.64. The third-order valence-electron chi connectivity index (χ3n) is 2.78. The zero-order valence-corrected chi connectivity index (χ0v) is 13.9. The number of rotatable bonds is 3. The van der Waals surface area contributed by atoms with Crippen LogP contribution < -0.4 is 15.4 Å². The van der Waals surface area contributed by atoms with Crippen molar-refractivity contribution in [3.05, 3.63) is 52.0 Å². The molecule has 0 amide bonds. The van der Waals surface area contributed by atoms with Gasteiger partial charge in [0.1, 0.15) is 5.75 Å². The average molecular weight is 341 g/mol. The maximum absolute atomic E-state index is 6.09. The third-order valence-corrected chi connectivity index (χ3v) is 3.55. The monoisotopic (exact) mass is 340 g/mol. The fourth-order valence-electron chi connectivity index (χ4n) is 1.79. The zero-order chi connectivity index (χ0) is 15.4. The molecule has 0 bridgehead atoms. The van der Waals surface area contributed by atoms with Crippen LogP contribution in [0.4, 0.5) is 11.4 Å². The molecule has 0 unspecified atom stereocenters. The Morgan fingerprint density at radius 1 is 1.05 bits per heavy atom. The van der Waals surface area contributed by atoms with E-state index in [9.17, 15) is 0 Å². The molecule has 3 nitrogen and oxygen atoms in total. The molecule has 2 N–H and O–H groups in total. The molecule has 0 aliphatic heterocycles. The van der Waals surface area contributed by atoms with Crippen LogP contribution in [0.3, 0.4) is 0 Å². The summed E-state index contributed by atoms with van der Waals surface area (Å²) in [6, 6.07) is 10.9. The van der Waals surface area contributed by atoms with Gasteiger partial charge >= 0.3 is 0 Å². The quantitative estimate of drug-likeness (QED) is 0.759. The number of hydrogen-bond acceptors (Lipinski definition) is 2. The van der Waals surface area contributed by atoms with Crippen LogP contribution in [0.1, 0.15) is 5.56 Å². The van der Waals surface area contributed by atoms with Gasteiger partial charge in [-0.15, -0.1) is 0 Å². The van der Waals surface area contributed by atoms with E-state index in [0.29, 0.717) is 26.6 Å². The molecule has 110 valence electrons. The summed E-state index contributed by atoms with van der Waals surface area (Å²) in [5.74, 6) is 0.710. The average Bonchev–Trinajstić information content (AvgIpc) is 2.43. The van der Waals surface area contributed by atoms with Crippen molar-refractivity contribution in [1.29, 1.82) is 0 Å². The molecule has 0 saturated carbocycles. The largest absolute Gasteiger partial charge is 0.495 e. The van der Waals surface area contributed by atoms with E-state index in [1.807, 2.05) is 25.1 Å². The van der Waals surface area contributed by atoms with Gasteiger partial charge in [-0.05, 0) is 55.0 Å². The molecule has 0 aromatic heterocycles. The van der Waals surface area contributed by atoms with E-state index in [1.54, 1.807) is 25.3 Å². The number of anilines is 2. The summed E-state index contributed by atoms with van der Waals surface area (Å²) < 4.78 is 5.30. The fraction of sp³-hybridized carbons (Fsp3) is 0.133.